The van der Waals surface area contributed by atoms with E-state index in [1.54, 1.807) is 18.5 Å². The van der Waals surface area contributed by atoms with Crippen molar-refractivity contribution >= 4 is 5.97 Å². The van der Waals surface area contributed by atoms with E-state index in [2.05, 4.69) is 20.5 Å². The van der Waals surface area contributed by atoms with E-state index < -0.39 is 5.97 Å². The van der Waals surface area contributed by atoms with Crippen LogP contribution in [0.1, 0.15) is 48.2 Å². The standard InChI is InChI=1S/C12H17N5O3/c1-4-6-9-11(12(18)19-5-2)14-16-17(9)7-10-13-8(3)20-15-10/h4-7H2,1-3H3. The number of carbonyl (C=O) groups excluding carboxylic acids is 1. The first-order chi connectivity index (χ1) is 9.65. The summed E-state index contributed by atoms with van der Waals surface area (Å²) in [6, 6.07) is 0. The van der Waals surface area contributed by atoms with E-state index >= 15 is 0 Å². The molecule has 2 rings (SSSR count). The predicted octanol–water partition coefficient (Wildman–Crippen LogP) is 1.15. The topological polar surface area (TPSA) is 95.9 Å². The van der Waals surface area contributed by atoms with Gasteiger partial charge in [-0.1, -0.05) is 23.7 Å². The predicted molar refractivity (Wildman–Crippen MR) is 68.1 cm³/mol. The number of carbonyl (C=O) groups is 1. The van der Waals surface area contributed by atoms with Gasteiger partial charge in [-0.25, -0.2) is 9.48 Å². The molecule has 0 unspecified atom stereocenters. The van der Waals surface area contributed by atoms with E-state index in [0.29, 0.717) is 31.3 Å². The van der Waals surface area contributed by atoms with Crippen molar-refractivity contribution in [3.05, 3.63) is 23.1 Å². The van der Waals surface area contributed by atoms with Gasteiger partial charge in [-0.15, -0.1) is 5.10 Å². The zero-order valence-electron chi connectivity index (χ0n) is 11.8. The van der Waals surface area contributed by atoms with Gasteiger partial charge in [-0.2, -0.15) is 4.98 Å². The number of esters is 1. The Morgan fingerprint density at radius 2 is 2.20 bits per heavy atom. The molecule has 8 nitrogen and oxygen atoms in total. The highest BCUT2D eigenvalue weighted by Gasteiger charge is 2.21. The second kappa shape index (κ2) is 6.27. The van der Waals surface area contributed by atoms with Crippen molar-refractivity contribution in [2.75, 3.05) is 6.61 Å². The quantitative estimate of drug-likeness (QED) is 0.731. The maximum Gasteiger partial charge on any atom is 0.360 e. The highest BCUT2D eigenvalue weighted by atomic mass is 16.5. The van der Waals surface area contributed by atoms with Crippen LogP contribution < -0.4 is 0 Å². The van der Waals surface area contributed by atoms with Crippen LogP contribution in [-0.2, 0) is 17.7 Å². The first-order valence-electron chi connectivity index (χ1n) is 6.54. The average molecular weight is 279 g/mol. The van der Waals surface area contributed by atoms with Crippen molar-refractivity contribution in [1.29, 1.82) is 0 Å². The summed E-state index contributed by atoms with van der Waals surface area (Å²) in [5.41, 5.74) is 0.988. The van der Waals surface area contributed by atoms with Crippen molar-refractivity contribution in [2.24, 2.45) is 0 Å². The van der Waals surface area contributed by atoms with E-state index in [1.807, 2.05) is 6.92 Å². The molecule has 20 heavy (non-hydrogen) atoms. The van der Waals surface area contributed by atoms with Gasteiger partial charge in [0.2, 0.25) is 5.89 Å². The summed E-state index contributed by atoms with van der Waals surface area (Å²) in [7, 11) is 0. The molecule has 2 heterocycles. The number of nitrogens with zero attached hydrogens (tertiary/aromatic N) is 5. The van der Waals surface area contributed by atoms with Crippen LogP contribution in [0.15, 0.2) is 4.52 Å². The number of aromatic nitrogens is 5. The second-order valence-corrected chi connectivity index (χ2v) is 4.24. The second-order valence-electron chi connectivity index (χ2n) is 4.24. The van der Waals surface area contributed by atoms with Crippen LogP contribution in [-0.4, -0.2) is 37.7 Å². The van der Waals surface area contributed by atoms with E-state index in [0.717, 1.165) is 12.1 Å². The Hall–Kier alpha value is -2.25. The van der Waals surface area contributed by atoms with E-state index in [1.165, 1.54) is 0 Å². The van der Waals surface area contributed by atoms with Gasteiger partial charge in [0.25, 0.3) is 0 Å². The largest absolute Gasteiger partial charge is 0.461 e. The first-order valence-corrected chi connectivity index (χ1v) is 6.54. The molecule has 0 amide bonds. The van der Waals surface area contributed by atoms with Gasteiger partial charge in [0.1, 0.15) is 6.54 Å². The SMILES string of the molecule is CCCc1c(C(=O)OCC)nnn1Cc1noc(C)n1. The molecule has 0 saturated heterocycles. The summed E-state index contributed by atoms with van der Waals surface area (Å²) < 4.78 is 11.5. The summed E-state index contributed by atoms with van der Waals surface area (Å²) in [6.07, 6.45) is 1.54. The Balaban J connectivity index is 2.26. The third kappa shape index (κ3) is 3.01. The maximum atomic E-state index is 11.8. The van der Waals surface area contributed by atoms with Crippen molar-refractivity contribution < 1.29 is 14.1 Å². The lowest BCUT2D eigenvalue weighted by molar-refractivity contribution is 0.0518. The first kappa shape index (κ1) is 14.2. The molecule has 0 aliphatic carbocycles. The van der Waals surface area contributed by atoms with Gasteiger partial charge in [0.05, 0.1) is 12.3 Å². The summed E-state index contributed by atoms with van der Waals surface area (Å²) in [5.74, 6) is 0.537. The average Bonchev–Trinajstić information content (AvgIpc) is 2.99. The third-order valence-electron chi connectivity index (χ3n) is 2.65. The maximum absolute atomic E-state index is 11.8. The molecule has 8 heteroatoms. The van der Waals surface area contributed by atoms with Gasteiger partial charge in [0, 0.05) is 6.92 Å². The lowest BCUT2D eigenvalue weighted by Gasteiger charge is -2.04. The molecule has 2 aromatic rings. The Morgan fingerprint density at radius 3 is 2.80 bits per heavy atom. The molecular weight excluding hydrogens is 262 g/mol. The Bertz CT molecular complexity index is 590. The van der Waals surface area contributed by atoms with Gasteiger partial charge in [-0.3, -0.25) is 0 Å². The minimum atomic E-state index is -0.452. The van der Waals surface area contributed by atoms with Gasteiger partial charge in [-0.05, 0) is 13.3 Å². The molecule has 0 spiro atoms. The number of ether oxygens (including phenoxy) is 1. The molecule has 0 N–H and O–H groups in total. The zero-order chi connectivity index (χ0) is 14.5. The fraction of sp³-hybridized carbons (Fsp3) is 0.583. The molecule has 0 fully saturated rings. The molecule has 0 aliphatic heterocycles. The number of rotatable bonds is 6. The smallest absolute Gasteiger partial charge is 0.360 e. The van der Waals surface area contributed by atoms with Crippen molar-refractivity contribution in [3.63, 3.8) is 0 Å². The number of aryl methyl sites for hydroxylation is 1. The van der Waals surface area contributed by atoms with Crippen LogP contribution in [0.4, 0.5) is 0 Å². The molecule has 0 aromatic carbocycles. The lowest BCUT2D eigenvalue weighted by Crippen LogP contribution is -2.12. The Kier molecular flexibility index (Phi) is 4.44. The molecule has 0 aliphatic rings. The molecule has 0 bridgehead atoms. The highest BCUT2D eigenvalue weighted by molar-refractivity contribution is 5.88. The third-order valence-corrected chi connectivity index (χ3v) is 2.65. The fourth-order valence-corrected chi connectivity index (χ4v) is 1.84. The van der Waals surface area contributed by atoms with Gasteiger partial charge < -0.3 is 9.26 Å². The van der Waals surface area contributed by atoms with Crippen molar-refractivity contribution in [2.45, 2.75) is 40.2 Å². The monoisotopic (exact) mass is 279 g/mol. The molecular formula is C12H17N5O3. The zero-order valence-corrected chi connectivity index (χ0v) is 11.8. The van der Waals surface area contributed by atoms with Crippen LogP contribution in [0.3, 0.4) is 0 Å². The molecule has 0 radical (unpaired) electrons. The molecule has 0 saturated carbocycles. The van der Waals surface area contributed by atoms with E-state index in [-0.39, 0.29) is 5.69 Å². The van der Waals surface area contributed by atoms with Crippen LogP contribution >= 0.6 is 0 Å². The Labute approximate surface area is 116 Å². The van der Waals surface area contributed by atoms with Crippen LogP contribution in [0, 0.1) is 6.92 Å². The number of hydrogen-bond donors (Lipinski definition) is 0. The van der Waals surface area contributed by atoms with E-state index in [9.17, 15) is 4.79 Å². The molecule has 2 aromatic heterocycles. The van der Waals surface area contributed by atoms with Crippen LogP contribution in [0.5, 0.6) is 0 Å². The molecule has 0 atom stereocenters. The Morgan fingerprint density at radius 1 is 1.40 bits per heavy atom. The summed E-state index contributed by atoms with van der Waals surface area (Å²) >= 11 is 0. The minimum absolute atomic E-state index is 0.258. The van der Waals surface area contributed by atoms with Crippen molar-refractivity contribution in [1.82, 2.24) is 25.1 Å². The number of hydrogen-bond acceptors (Lipinski definition) is 7. The summed E-state index contributed by atoms with van der Waals surface area (Å²) in [6.45, 7) is 6.11. The fourth-order valence-electron chi connectivity index (χ4n) is 1.84. The molecule has 108 valence electrons. The normalized spacial score (nSPS) is 10.8. The van der Waals surface area contributed by atoms with E-state index in [4.69, 9.17) is 9.26 Å². The van der Waals surface area contributed by atoms with Gasteiger partial charge in [0.15, 0.2) is 11.5 Å². The lowest BCUT2D eigenvalue weighted by atomic mass is 10.2. The van der Waals surface area contributed by atoms with Gasteiger partial charge >= 0.3 is 5.97 Å². The highest BCUT2D eigenvalue weighted by Crippen LogP contribution is 2.11. The minimum Gasteiger partial charge on any atom is -0.461 e. The van der Waals surface area contributed by atoms with Crippen LogP contribution in [0.25, 0.3) is 0 Å². The summed E-state index contributed by atoms with van der Waals surface area (Å²) in [5, 5.41) is 11.7. The van der Waals surface area contributed by atoms with Crippen molar-refractivity contribution in [3.8, 4) is 0 Å². The summed E-state index contributed by atoms with van der Waals surface area (Å²) in [4.78, 5) is 15.9. The van der Waals surface area contributed by atoms with Crippen LogP contribution in [0.2, 0.25) is 0 Å².